The zero-order chi connectivity index (χ0) is 13.8. The van der Waals surface area contributed by atoms with Gasteiger partial charge in [0.15, 0.2) is 0 Å². The van der Waals surface area contributed by atoms with E-state index < -0.39 is 0 Å². The molecule has 0 heterocycles. The first-order valence-corrected chi connectivity index (χ1v) is 7.17. The minimum atomic E-state index is 0.184. The molecule has 0 saturated carbocycles. The molecule has 2 aromatic rings. The Labute approximate surface area is 123 Å². The molecule has 3 N–H and O–H groups in total. The van der Waals surface area contributed by atoms with Crippen molar-refractivity contribution in [2.45, 2.75) is 19.5 Å². The normalized spacial score (nSPS) is 12.4. The van der Waals surface area contributed by atoms with Gasteiger partial charge in [-0.2, -0.15) is 0 Å². The molecule has 100 valence electrons. The summed E-state index contributed by atoms with van der Waals surface area (Å²) in [5.74, 6) is 0. The van der Waals surface area contributed by atoms with Crippen LogP contribution in [0.2, 0.25) is 0 Å². The van der Waals surface area contributed by atoms with E-state index in [9.17, 15) is 0 Å². The van der Waals surface area contributed by atoms with Crippen LogP contribution in [0.3, 0.4) is 0 Å². The van der Waals surface area contributed by atoms with Gasteiger partial charge < -0.3 is 11.1 Å². The zero-order valence-corrected chi connectivity index (χ0v) is 12.9. The molecule has 0 spiro atoms. The van der Waals surface area contributed by atoms with Crippen LogP contribution >= 0.6 is 15.9 Å². The van der Waals surface area contributed by atoms with Gasteiger partial charge in [-0.15, -0.1) is 0 Å². The fourth-order valence-corrected chi connectivity index (χ4v) is 2.70. The average molecular weight is 319 g/mol. The second kappa shape index (κ2) is 6.33. The molecule has 0 saturated heterocycles. The predicted octanol–water partition coefficient (Wildman–Crippen LogP) is 3.53. The lowest BCUT2D eigenvalue weighted by Gasteiger charge is -2.20. The summed E-state index contributed by atoms with van der Waals surface area (Å²) in [7, 11) is 1.99. The van der Waals surface area contributed by atoms with Crippen LogP contribution in [0.1, 0.15) is 28.3 Å². The van der Waals surface area contributed by atoms with Gasteiger partial charge in [0.1, 0.15) is 0 Å². The van der Waals surface area contributed by atoms with Crippen LogP contribution in [0, 0.1) is 6.92 Å². The molecule has 0 fully saturated rings. The molecule has 2 rings (SSSR count). The molecule has 0 aliphatic rings. The summed E-state index contributed by atoms with van der Waals surface area (Å²) in [5, 5.41) is 3.39. The first-order valence-electron chi connectivity index (χ1n) is 6.38. The van der Waals surface area contributed by atoms with Crippen molar-refractivity contribution < 1.29 is 0 Å². The van der Waals surface area contributed by atoms with Gasteiger partial charge in [0, 0.05) is 11.0 Å². The van der Waals surface area contributed by atoms with Gasteiger partial charge in [0.2, 0.25) is 0 Å². The van der Waals surface area contributed by atoms with E-state index in [-0.39, 0.29) is 6.04 Å². The van der Waals surface area contributed by atoms with Crippen molar-refractivity contribution >= 4 is 15.9 Å². The Morgan fingerprint density at radius 2 is 2.00 bits per heavy atom. The molecular formula is C16H19BrN2. The smallest absolute Gasteiger partial charge is 0.0577 e. The number of rotatable bonds is 4. The van der Waals surface area contributed by atoms with Crippen molar-refractivity contribution in [3.8, 4) is 0 Å². The topological polar surface area (TPSA) is 38.0 Å². The SMILES string of the molecule is CNC(c1cccc(CN)c1)c1cc(Br)ccc1C. The first-order chi connectivity index (χ1) is 9.15. The fraction of sp³-hybridized carbons (Fsp3) is 0.250. The van der Waals surface area contributed by atoms with E-state index in [1.807, 2.05) is 7.05 Å². The molecule has 1 atom stereocenters. The highest BCUT2D eigenvalue weighted by atomic mass is 79.9. The largest absolute Gasteiger partial charge is 0.326 e. The van der Waals surface area contributed by atoms with Gasteiger partial charge in [-0.1, -0.05) is 46.3 Å². The van der Waals surface area contributed by atoms with Gasteiger partial charge in [0.25, 0.3) is 0 Å². The molecular weight excluding hydrogens is 300 g/mol. The van der Waals surface area contributed by atoms with Gasteiger partial charge in [-0.05, 0) is 48.4 Å². The van der Waals surface area contributed by atoms with Gasteiger partial charge in [-0.25, -0.2) is 0 Å². The number of aryl methyl sites for hydroxylation is 1. The number of nitrogens with two attached hydrogens (primary N) is 1. The lowest BCUT2D eigenvalue weighted by molar-refractivity contribution is 0.686. The molecule has 0 aromatic heterocycles. The molecule has 0 aliphatic carbocycles. The highest BCUT2D eigenvalue weighted by Gasteiger charge is 2.14. The number of halogens is 1. The molecule has 0 radical (unpaired) electrons. The molecule has 0 amide bonds. The van der Waals surface area contributed by atoms with E-state index in [0.29, 0.717) is 6.54 Å². The van der Waals surface area contributed by atoms with E-state index in [1.165, 1.54) is 16.7 Å². The molecule has 2 nitrogen and oxygen atoms in total. The summed E-state index contributed by atoms with van der Waals surface area (Å²) in [5.41, 5.74) is 10.7. The monoisotopic (exact) mass is 318 g/mol. The van der Waals surface area contributed by atoms with Crippen LogP contribution in [-0.2, 0) is 6.54 Å². The van der Waals surface area contributed by atoms with E-state index >= 15 is 0 Å². The second-order valence-electron chi connectivity index (χ2n) is 4.67. The standard InChI is InChI=1S/C16H19BrN2/c1-11-6-7-14(17)9-15(11)16(19-2)13-5-3-4-12(8-13)10-18/h3-9,16,19H,10,18H2,1-2H3. The minimum Gasteiger partial charge on any atom is -0.326 e. The maximum absolute atomic E-state index is 5.73. The van der Waals surface area contributed by atoms with Crippen LogP contribution in [0.25, 0.3) is 0 Å². The van der Waals surface area contributed by atoms with E-state index in [4.69, 9.17) is 5.73 Å². The number of benzene rings is 2. The Kier molecular flexibility index (Phi) is 4.75. The lowest BCUT2D eigenvalue weighted by atomic mass is 9.94. The summed E-state index contributed by atoms with van der Waals surface area (Å²) >= 11 is 3.55. The van der Waals surface area contributed by atoms with E-state index in [0.717, 1.165) is 10.0 Å². The summed E-state index contributed by atoms with van der Waals surface area (Å²) in [6, 6.07) is 15.0. The van der Waals surface area contributed by atoms with Crippen LogP contribution in [0.15, 0.2) is 46.9 Å². The Hall–Kier alpha value is -1.16. The molecule has 0 bridgehead atoms. The Morgan fingerprint density at radius 3 is 2.68 bits per heavy atom. The van der Waals surface area contributed by atoms with Crippen LogP contribution < -0.4 is 11.1 Å². The molecule has 2 aromatic carbocycles. The summed E-state index contributed by atoms with van der Waals surface area (Å²) in [4.78, 5) is 0. The summed E-state index contributed by atoms with van der Waals surface area (Å²) in [6.45, 7) is 2.71. The minimum absolute atomic E-state index is 0.184. The maximum atomic E-state index is 5.73. The van der Waals surface area contributed by atoms with Crippen molar-refractivity contribution in [1.82, 2.24) is 5.32 Å². The van der Waals surface area contributed by atoms with Crippen molar-refractivity contribution in [1.29, 1.82) is 0 Å². The average Bonchev–Trinajstić information content (AvgIpc) is 2.44. The zero-order valence-electron chi connectivity index (χ0n) is 11.3. The molecule has 19 heavy (non-hydrogen) atoms. The van der Waals surface area contributed by atoms with Gasteiger partial charge in [-0.3, -0.25) is 0 Å². The van der Waals surface area contributed by atoms with Crippen molar-refractivity contribution in [2.75, 3.05) is 7.05 Å². The second-order valence-corrected chi connectivity index (χ2v) is 5.59. The van der Waals surface area contributed by atoms with Crippen molar-refractivity contribution in [2.24, 2.45) is 5.73 Å². The molecule has 3 heteroatoms. The fourth-order valence-electron chi connectivity index (χ4n) is 2.32. The summed E-state index contributed by atoms with van der Waals surface area (Å²) < 4.78 is 1.10. The Balaban J connectivity index is 2.46. The van der Waals surface area contributed by atoms with Crippen LogP contribution in [0.5, 0.6) is 0 Å². The first kappa shape index (κ1) is 14.3. The van der Waals surface area contributed by atoms with Crippen LogP contribution in [0.4, 0.5) is 0 Å². The molecule has 0 aliphatic heterocycles. The van der Waals surface area contributed by atoms with Crippen molar-refractivity contribution in [3.63, 3.8) is 0 Å². The lowest BCUT2D eigenvalue weighted by Crippen LogP contribution is -2.19. The quantitative estimate of drug-likeness (QED) is 0.905. The van der Waals surface area contributed by atoms with Gasteiger partial charge in [0.05, 0.1) is 6.04 Å². The molecule has 1 unspecified atom stereocenters. The summed E-state index contributed by atoms with van der Waals surface area (Å²) in [6.07, 6.45) is 0. The number of nitrogens with one attached hydrogen (secondary N) is 1. The predicted molar refractivity (Wildman–Crippen MR) is 84.1 cm³/mol. The highest BCUT2D eigenvalue weighted by molar-refractivity contribution is 9.10. The number of hydrogen-bond donors (Lipinski definition) is 2. The van der Waals surface area contributed by atoms with E-state index in [1.54, 1.807) is 0 Å². The van der Waals surface area contributed by atoms with Gasteiger partial charge >= 0.3 is 0 Å². The van der Waals surface area contributed by atoms with E-state index in [2.05, 4.69) is 70.6 Å². The maximum Gasteiger partial charge on any atom is 0.0577 e. The Bertz CT molecular complexity index is 566. The Morgan fingerprint density at radius 1 is 1.21 bits per heavy atom. The highest BCUT2D eigenvalue weighted by Crippen LogP contribution is 2.27. The third-order valence-electron chi connectivity index (χ3n) is 3.36. The van der Waals surface area contributed by atoms with Crippen molar-refractivity contribution in [3.05, 3.63) is 69.2 Å². The third kappa shape index (κ3) is 3.24. The third-order valence-corrected chi connectivity index (χ3v) is 3.85. The van der Waals surface area contributed by atoms with Crippen LogP contribution in [-0.4, -0.2) is 7.05 Å². The number of hydrogen-bond acceptors (Lipinski definition) is 2.